The van der Waals surface area contributed by atoms with Crippen molar-refractivity contribution in [3.05, 3.63) is 0 Å². The summed E-state index contributed by atoms with van der Waals surface area (Å²) in [7, 11) is 1.75. The van der Waals surface area contributed by atoms with Crippen molar-refractivity contribution < 1.29 is 9.84 Å². The average Bonchev–Trinajstić information content (AvgIpc) is 2.52. The van der Waals surface area contributed by atoms with Gasteiger partial charge in [0.2, 0.25) is 0 Å². The van der Waals surface area contributed by atoms with Crippen LogP contribution in [-0.2, 0) is 4.74 Å². The van der Waals surface area contributed by atoms with Crippen LogP contribution in [0, 0.1) is 17.8 Å². The number of ether oxygens (including phenoxy) is 1. The molecule has 0 aromatic heterocycles. The van der Waals surface area contributed by atoms with Crippen LogP contribution < -0.4 is 0 Å². The number of aliphatic hydroxyl groups is 1. The Balaban J connectivity index is 1.89. The first-order valence-electron chi connectivity index (χ1n) is 4.90. The van der Waals surface area contributed by atoms with E-state index >= 15 is 0 Å². The molecule has 70 valence electrons. The first-order chi connectivity index (χ1) is 5.68. The molecule has 4 atom stereocenters. The van der Waals surface area contributed by atoms with Gasteiger partial charge in [0.15, 0.2) is 0 Å². The van der Waals surface area contributed by atoms with Crippen LogP contribution in [0.25, 0.3) is 0 Å². The Labute approximate surface area is 73.9 Å². The molecule has 0 amide bonds. The summed E-state index contributed by atoms with van der Waals surface area (Å²) in [5.74, 6) is 1.69. The zero-order valence-electron chi connectivity index (χ0n) is 7.92. The molecule has 2 fully saturated rings. The third-order valence-corrected chi connectivity index (χ3v) is 3.77. The van der Waals surface area contributed by atoms with Crippen LogP contribution in [0.5, 0.6) is 0 Å². The van der Waals surface area contributed by atoms with Crippen LogP contribution in [0.3, 0.4) is 0 Å². The van der Waals surface area contributed by atoms with Crippen molar-refractivity contribution in [2.45, 2.75) is 31.8 Å². The van der Waals surface area contributed by atoms with Gasteiger partial charge in [-0.1, -0.05) is 6.92 Å². The molecule has 0 radical (unpaired) electrons. The minimum absolute atomic E-state index is 0.304. The molecule has 0 aromatic rings. The predicted octanol–water partition coefficient (Wildman–Crippen LogP) is 1.43. The van der Waals surface area contributed by atoms with Crippen LogP contribution in [-0.4, -0.2) is 24.4 Å². The molecule has 2 aliphatic carbocycles. The summed E-state index contributed by atoms with van der Waals surface area (Å²) in [6, 6.07) is 0. The number of rotatable bonds is 3. The smallest absolute Gasteiger partial charge is 0.0709 e. The van der Waals surface area contributed by atoms with Gasteiger partial charge >= 0.3 is 0 Å². The number of methoxy groups -OCH3 is 1. The molecule has 0 spiro atoms. The van der Waals surface area contributed by atoms with E-state index in [9.17, 15) is 5.11 Å². The Hall–Kier alpha value is -0.0800. The zero-order chi connectivity index (χ0) is 8.77. The topological polar surface area (TPSA) is 29.5 Å². The Morgan fingerprint density at radius 3 is 2.50 bits per heavy atom. The lowest BCUT2D eigenvalue weighted by Crippen LogP contribution is -2.40. The van der Waals surface area contributed by atoms with Gasteiger partial charge in [-0.3, -0.25) is 0 Å². The van der Waals surface area contributed by atoms with Gasteiger partial charge in [0, 0.05) is 13.7 Å². The number of hydrogen-bond acceptors (Lipinski definition) is 2. The van der Waals surface area contributed by atoms with Crippen molar-refractivity contribution in [2.24, 2.45) is 17.8 Å². The standard InChI is InChI=1S/C10H18O2/c1-7-5-10(7,11)9-4-3-8(9)6-12-2/h7-9,11H,3-6H2,1-2H3/t7?,8-,9-,10?/m0/s1. The first kappa shape index (κ1) is 8.52. The van der Waals surface area contributed by atoms with Crippen molar-refractivity contribution in [1.29, 1.82) is 0 Å². The van der Waals surface area contributed by atoms with Crippen molar-refractivity contribution in [2.75, 3.05) is 13.7 Å². The third kappa shape index (κ3) is 1.09. The van der Waals surface area contributed by atoms with Crippen LogP contribution in [0.1, 0.15) is 26.2 Å². The minimum atomic E-state index is -0.304. The maximum atomic E-state index is 10.1. The molecule has 0 saturated heterocycles. The molecule has 2 saturated carbocycles. The highest BCUT2D eigenvalue weighted by atomic mass is 16.5. The normalized spacial score (nSPS) is 51.8. The lowest BCUT2D eigenvalue weighted by atomic mass is 9.69. The second kappa shape index (κ2) is 2.71. The van der Waals surface area contributed by atoms with E-state index < -0.39 is 0 Å². The molecule has 2 aliphatic rings. The Kier molecular flexibility index (Phi) is 1.92. The van der Waals surface area contributed by atoms with E-state index in [2.05, 4.69) is 6.92 Å². The van der Waals surface area contributed by atoms with Gasteiger partial charge in [-0.25, -0.2) is 0 Å². The molecular weight excluding hydrogens is 152 g/mol. The minimum Gasteiger partial charge on any atom is -0.389 e. The van der Waals surface area contributed by atoms with Crippen LogP contribution in [0.4, 0.5) is 0 Å². The number of hydrogen-bond donors (Lipinski definition) is 1. The molecule has 1 N–H and O–H groups in total. The van der Waals surface area contributed by atoms with Gasteiger partial charge in [-0.2, -0.15) is 0 Å². The van der Waals surface area contributed by atoms with Crippen molar-refractivity contribution in [3.63, 3.8) is 0 Å². The summed E-state index contributed by atoms with van der Waals surface area (Å²) < 4.78 is 5.12. The molecule has 2 heteroatoms. The molecular formula is C10H18O2. The van der Waals surface area contributed by atoms with Gasteiger partial charge in [0.05, 0.1) is 5.60 Å². The average molecular weight is 170 g/mol. The first-order valence-corrected chi connectivity index (χ1v) is 4.90. The summed E-state index contributed by atoms with van der Waals surface area (Å²) in [6.45, 7) is 2.97. The van der Waals surface area contributed by atoms with E-state index in [0.717, 1.165) is 13.0 Å². The van der Waals surface area contributed by atoms with Crippen molar-refractivity contribution in [3.8, 4) is 0 Å². The summed E-state index contributed by atoms with van der Waals surface area (Å²) in [6.07, 6.45) is 3.46. The largest absolute Gasteiger partial charge is 0.389 e. The highest BCUT2D eigenvalue weighted by Crippen LogP contribution is 2.57. The van der Waals surface area contributed by atoms with Crippen molar-refractivity contribution >= 4 is 0 Å². The molecule has 2 nitrogen and oxygen atoms in total. The Bertz CT molecular complexity index is 181. The second-order valence-electron chi connectivity index (χ2n) is 4.50. The summed E-state index contributed by atoms with van der Waals surface area (Å²) in [5.41, 5.74) is -0.304. The maximum Gasteiger partial charge on any atom is 0.0709 e. The monoisotopic (exact) mass is 170 g/mol. The second-order valence-corrected chi connectivity index (χ2v) is 4.50. The lowest BCUT2D eigenvalue weighted by molar-refractivity contribution is -0.0451. The van der Waals surface area contributed by atoms with E-state index in [1.54, 1.807) is 7.11 Å². The van der Waals surface area contributed by atoms with Crippen LogP contribution in [0.2, 0.25) is 0 Å². The highest BCUT2D eigenvalue weighted by Gasteiger charge is 2.59. The molecule has 12 heavy (non-hydrogen) atoms. The Morgan fingerprint density at radius 2 is 2.17 bits per heavy atom. The Morgan fingerprint density at radius 1 is 1.50 bits per heavy atom. The summed E-state index contributed by atoms with van der Waals surface area (Å²) in [5, 5.41) is 10.1. The van der Waals surface area contributed by atoms with Gasteiger partial charge < -0.3 is 9.84 Å². The van der Waals surface area contributed by atoms with Crippen LogP contribution in [0.15, 0.2) is 0 Å². The van der Waals surface area contributed by atoms with E-state index in [0.29, 0.717) is 17.8 Å². The predicted molar refractivity (Wildman–Crippen MR) is 46.8 cm³/mol. The lowest BCUT2D eigenvalue weighted by Gasteiger charge is -2.40. The fraction of sp³-hybridized carbons (Fsp3) is 1.00. The molecule has 2 unspecified atom stereocenters. The van der Waals surface area contributed by atoms with Gasteiger partial charge in [0.1, 0.15) is 0 Å². The molecule has 0 aromatic carbocycles. The molecule has 0 heterocycles. The molecule has 2 rings (SSSR count). The van der Waals surface area contributed by atoms with E-state index in [4.69, 9.17) is 4.74 Å². The van der Waals surface area contributed by atoms with Crippen LogP contribution >= 0.6 is 0 Å². The summed E-state index contributed by atoms with van der Waals surface area (Å²) in [4.78, 5) is 0. The van der Waals surface area contributed by atoms with Gasteiger partial charge in [-0.05, 0) is 37.0 Å². The molecule has 0 bridgehead atoms. The third-order valence-electron chi connectivity index (χ3n) is 3.77. The van der Waals surface area contributed by atoms with E-state index in [-0.39, 0.29) is 5.60 Å². The van der Waals surface area contributed by atoms with Gasteiger partial charge in [0.25, 0.3) is 0 Å². The van der Waals surface area contributed by atoms with Gasteiger partial charge in [-0.15, -0.1) is 0 Å². The summed E-state index contributed by atoms with van der Waals surface area (Å²) >= 11 is 0. The maximum absolute atomic E-state index is 10.1. The zero-order valence-corrected chi connectivity index (χ0v) is 7.92. The van der Waals surface area contributed by atoms with Crippen molar-refractivity contribution in [1.82, 2.24) is 0 Å². The van der Waals surface area contributed by atoms with E-state index in [1.165, 1.54) is 12.8 Å². The molecule has 0 aliphatic heterocycles. The SMILES string of the molecule is COC[C@@H]1CC[C@@H]1C1(O)CC1C. The fourth-order valence-electron chi connectivity index (χ4n) is 2.59. The quantitative estimate of drug-likeness (QED) is 0.694. The highest BCUT2D eigenvalue weighted by molar-refractivity contribution is 5.09. The van der Waals surface area contributed by atoms with E-state index in [1.807, 2.05) is 0 Å². The fourth-order valence-corrected chi connectivity index (χ4v) is 2.59.